The van der Waals surface area contributed by atoms with E-state index in [2.05, 4.69) is 10.3 Å². The van der Waals surface area contributed by atoms with Gasteiger partial charge in [0.15, 0.2) is 5.82 Å². The van der Waals surface area contributed by atoms with Crippen molar-refractivity contribution in [3.8, 4) is 0 Å². The summed E-state index contributed by atoms with van der Waals surface area (Å²) in [5.74, 6) is -2.16. The Morgan fingerprint density at radius 3 is 2.45 bits per heavy atom. The monoisotopic (exact) mass is 507 g/mol. The maximum absolute atomic E-state index is 14.0. The Bertz CT molecular complexity index is 1280. The van der Waals surface area contributed by atoms with Crippen molar-refractivity contribution in [1.82, 2.24) is 4.98 Å². The van der Waals surface area contributed by atoms with E-state index in [9.17, 15) is 40.3 Å². The first-order valence-electron chi connectivity index (χ1n) is 8.91. The van der Waals surface area contributed by atoms with Gasteiger partial charge < -0.3 is 10.4 Å². The molecule has 0 saturated carbocycles. The Kier molecular flexibility index (Phi) is 6.61. The topological polar surface area (TPSA) is 99.6 Å². The molecule has 0 fully saturated rings. The second kappa shape index (κ2) is 8.94. The van der Waals surface area contributed by atoms with Crippen LogP contribution >= 0.6 is 11.3 Å². The highest BCUT2D eigenvalue weighted by Gasteiger charge is 2.38. The molecule has 0 unspecified atom stereocenters. The van der Waals surface area contributed by atoms with Crippen LogP contribution in [0.3, 0.4) is 0 Å². The smallest absolute Gasteiger partial charge is 0.427 e. The minimum absolute atomic E-state index is 0.142. The van der Waals surface area contributed by atoms with Gasteiger partial charge >= 0.3 is 12.3 Å². The summed E-state index contributed by atoms with van der Waals surface area (Å²) in [5.41, 5.74) is -1.16. The molecule has 0 aliphatic carbocycles. The van der Waals surface area contributed by atoms with Crippen LogP contribution in [0.5, 0.6) is 0 Å². The summed E-state index contributed by atoms with van der Waals surface area (Å²) in [6.45, 7) is 1.29. The molecule has 0 aliphatic heterocycles. The molecular weight excluding hydrogens is 493 g/mol. The number of amides is 1. The van der Waals surface area contributed by atoms with Gasteiger partial charge in [0, 0.05) is 16.6 Å². The number of sulfonamides is 1. The molecule has 1 aromatic heterocycles. The first kappa shape index (κ1) is 24.4. The molecule has 1 heterocycles. The second-order valence-electron chi connectivity index (χ2n) is 6.64. The van der Waals surface area contributed by atoms with Gasteiger partial charge in [-0.15, -0.1) is 15.6 Å². The third-order valence-electron chi connectivity index (χ3n) is 4.43. The molecule has 1 amide bonds. The minimum atomic E-state index is -5.07. The largest absolute Gasteiger partial charge is 0.464 e. The fraction of sp³-hybridized carbons (Fsp3) is 0.158. The average molecular weight is 507 g/mol. The van der Waals surface area contributed by atoms with Crippen molar-refractivity contribution in [2.45, 2.75) is 24.0 Å². The van der Waals surface area contributed by atoms with Crippen LogP contribution in [-0.2, 0) is 16.2 Å². The van der Waals surface area contributed by atoms with E-state index in [1.165, 1.54) is 6.92 Å². The molecular formula is C19H14F5N3O4S2. The van der Waals surface area contributed by atoms with Gasteiger partial charge in [0.2, 0.25) is 0 Å². The molecule has 0 saturated heterocycles. The molecule has 3 rings (SSSR count). The van der Waals surface area contributed by atoms with Crippen LogP contribution in [0, 0.1) is 11.6 Å². The van der Waals surface area contributed by atoms with Crippen molar-refractivity contribution in [2.24, 2.45) is 0 Å². The third kappa shape index (κ3) is 5.06. The quantitative estimate of drug-likeness (QED) is 0.429. The van der Waals surface area contributed by atoms with Crippen LogP contribution in [0.4, 0.5) is 38.3 Å². The Labute approximate surface area is 188 Å². The lowest BCUT2D eigenvalue weighted by Crippen LogP contribution is -2.36. The number of hydrogen-bond donors (Lipinski definition) is 2. The van der Waals surface area contributed by atoms with E-state index in [-0.39, 0.29) is 15.9 Å². The van der Waals surface area contributed by atoms with Gasteiger partial charge in [-0.2, -0.15) is 13.2 Å². The SMILES string of the molecule is C[C@H](Nc1ccc(S(=O)(=O)N(C(=O)O)c2cscn2)cc1C(F)(F)F)c1cc(F)ccc1F. The van der Waals surface area contributed by atoms with E-state index in [1.807, 2.05) is 0 Å². The van der Waals surface area contributed by atoms with Gasteiger partial charge in [-0.25, -0.2) is 27.0 Å². The van der Waals surface area contributed by atoms with Gasteiger partial charge in [-0.05, 0) is 43.3 Å². The standard InChI is InChI=1S/C19H14F5N3O4S2/c1-10(13-6-11(20)2-4-15(13)21)26-16-5-3-12(7-14(16)19(22,23)24)33(30,31)27(18(28)29)17-8-32-9-25-17/h2-10,26H,1H3,(H,28,29)/t10-/m0/s1. The van der Waals surface area contributed by atoms with E-state index >= 15 is 0 Å². The molecule has 3 aromatic rings. The van der Waals surface area contributed by atoms with Crippen molar-refractivity contribution in [3.63, 3.8) is 0 Å². The summed E-state index contributed by atoms with van der Waals surface area (Å²) >= 11 is 0.885. The zero-order valence-electron chi connectivity index (χ0n) is 16.5. The summed E-state index contributed by atoms with van der Waals surface area (Å²) < 4.78 is 94.2. The number of aromatic nitrogens is 1. The molecule has 33 heavy (non-hydrogen) atoms. The van der Waals surface area contributed by atoms with Crippen LogP contribution < -0.4 is 9.62 Å². The molecule has 0 radical (unpaired) electrons. The fourth-order valence-electron chi connectivity index (χ4n) is 2.94. The number of halogens is 5. The van der Waals surface area contributed by atoms with E-state index < -0.39 is 61.9 Å². The number of thiazole rings is 1. The zero-order valence-corrected chi connectivity index (χ0v) is 18.1. The number of hydrogen-bond acceptors (Lipinski definition) is 6. The summed E-state index contributed by atoms with van der Waals surface area (Å²) in [4.78, 5) is 14.2. The second-order valence-corrected chi connectivity index (χ2v) is 9.14. The van der Waals surface area contributed by atoms with Gasteiger partial charge in [-0.3, -0.25) is 0 Å². The highest BCUT2D eigenvalue weighted by Crippen LogP contribution is 2.38. The maximum atomic E-state index is 14.0. The van der Waals surface area contributed by atoms with Crippen LogP contribution in [0.25, 0.3) is 0 Å². The van der Waals surface area contributed by atoms with Crippen molar-refractivity contribution in [1.29, 1.82) is 0 Å². The molecule has 14 heteroatoms. The Morgan fingerprint density at radius 2 is 1.88 bits per heavy atom. The van der Waals surface area contributed by atoms with Crippen molar-refractivity contribution in [3.05, 3.63) is 70.1 Å². The number of carboxylic acid groups (broad SMARTS) is 1. The van der Waals surface area contributed by atoms with Gasteiger partial charge in [0.25, 0.3) is 10.0 Å². The third-order valence-corrected chi connectivity index (χ3v) is 6.68. The number of alkyl halides is 3. The lowest BCUT2D eigenvalue weighted by atomic mass is 10.1. The van der Waals surface area contributed by atoms with Crippen LogP contribution in [0.2, 0.25) is 0 Å². The fourth-order valence-corrected chi connectivity index (χ4v) is 4.79. The van der Waals surface area contributed by atoms with Gasteiger partial charge in [0.05, 0.1) is 22.0 Å². The maximum Gasteiger partial charge on any atom is 0.427 e. The summed E-state index contributed by atoms with van der Waals surface area (Å²) in [6, 6.07) is 3.15. The minimum Gasteiger partial charge on any atom is -0.464 e. The van der Waals surface area contributed by atoms with E-state index in [4.69, 9.17) is 0 Å². The normalized spacial score (nSPS) is 12.9. The van der Waals surface area contributed by atoms with Crippen LogP contribution in [-0.4, -0.2) is 24.6 Å². The van der Waals surface area contributed by atoms with Crippen molar-refractivity contribution >= 4 is 39.0 Å². The predicted octanol–water partition coefficient (Wildman–Crippen LogP) is 5.49. The van der Waals surface area contributed by atoms with E-state index in [0.29, 0.717) is 0 Å². The van der Waals surface area contributed by atoms with Gasteiger partial charge in [-0.1, -0.05) is 0 Å². The number of anilines is 2. The summed E-state index contributed by atoms with van der Waals surface area (Å²) in [7, 11) is -4.98. The number of benzene rings is 2. The number of carbonyl (C=O) groups is 1. The molecule has 2 N–H and O–H groups in total. The molecule has 1 atom stereocenters. The van der Waals surface area contributed by atoms with Gasteiger partial charge in [0.1, 0.15) is 11.6 Å². The molecule has 0 bridgehead atoms. The molecule has 2 aromatic carbocycles. The molecule has 7 nitrogen and oxygen atoms in total. The van der Waals surface area contributed by atoms with E-state index in [0.717, 1.165) is 52.6 Å². The lowest BCUT2D eigenvalue weighted by Gasteiger charge is -2.22. The van der Waals surface area contributed by atoms with Crippen molar-refractivity contribution < 1.29 is 40.3 Å². The summed E-state index contributed by atoms with van der Waals surface area (Å²) in [5, 5.41) is 12.8. The number of rotatable bonds is 6. The first-order valence-corrected chi connectivity index (χ1v) is 11.3. The highest BCUT2D eigenvalue weighted by molar-refractivity contribution is 7.93. The number of nitrogens with one attached hydrogen (secondary N) is 1. The average Bonchev–Trinajstić information content (AvgIpc) is 3.22. The predicted molar refractivity (Wildman–Crippen MR) is 110 cm³/mol. The zero-order chi connectivity index (χ0) is 24.6. The molecule has 0 spiro atoms. The highest BCUT2D eigenvalue weighted by atomic mass is 32.2. The van der Waals surface area contributed by atoms with Crippen molar-refractivity contribution in [2.75, 3.05) is 9.62 Å². The molecule has 0 aliphatic rings. The van der Waals surface area contributed by atoms with Crippen LogP contribution in [0.1, 0.15) is 24.1 Å². The van der Waals surface area contributed by atoms with E-state index in [1.54, 1.807) is 0 Å². The Morgan fingerprint density at radius 1 is 1.18 bits per heavy atom. The first-order chi connectivity index (χ1) is 15.3. The molecule has 176 valence electrons. The Hall–Kier alpha value is -3.26. The Balaban J connectivity index is 2.06. The van der Waals surface area contributed by atoms with Crippen LogP contribution in [0.15, 0.2) is 52.2 Å². The number of nitrogens with zero attached hydrogens (tertiary/aromatic N) is 2. The lowest BCUT2D eigenvalue weighted by molar-refractivity contribution is -0.137. The summed E-state index contributed by atoms with van der Waals surface area (Å²) in [6.07, 6.45) is -7.03.